The van der Waals surface area contributed by atoms with Crippen molar-refractivity contribution in [2.75, 3.05) is 11.0 Å². The predicted octanol–water partition coefficient (Wildman–Crippen LogP) is 1.87. The third-order valence-electron chi connectivity index (χ3n) is 2.27. The van der Waals surface area contributed by atoms with Gasteiger partial charge < -0.3 is 4.42 Å². The summed E-state index contributed by atoms with van der Waals surface area (Å²) >= 11 is 0. The van der Waals surface area contributed by atoms with Crippen molar-refractivity contribution >= 4 is 26.7 Å². The molecule has 88 valence electrons. The largest absolute Gasteiger partial charge is 0.462 e. The van der Waals surface area contributed by atoms with E-state index in [1.54, 1.807) is 18.2 Å². The molecule has 0 saturated carbocycles. The first-order chi connectivity index (χ1) is 8.01. The van der Waals surface area contributed by atoms with Gasteiger partial charge >= 0.3 is 0 Å². The van der Waals surface area contributed by atoms with Gasteiger partial charge in [-0.05, 0) is 17.7 Å². The van der Waals surface area contributed by atoms with E-state index in [2.05, 4.69) is 10.8 Å². The SMILES string of the molecule is CS(=O)(=O)Nc1ccc(CC#N)c2ccoc12. The Morgan fingerprint density at radius 3 is 2.82 bits per heavy atom. The Hall–Kier alpha value is -2.00. The van der Waals surface area contributed by atoms with Crippen molar-refractivity contribution in [1.82, 2.24) is 0 Å². The highest BCUT2D eigenvalue weighted by molar-refractivity contribution is 7.92. The van der Waals surface area contributed by atoms with Crippen molar-refractivity contribution in [3.05, 3.63) is 30.0 Å². The van der Waals surface area contributed by atoms with Crippen molar-refractivity contribution in [1.29, 1.82) is 5.26 Å². The van der Waals surface area contributed by atoms with Crippen LogP contribution in [-0.4, -0.2) is 14.7 Å². The van der Waals surface area contributed by atoms with Gasteiger partial charge in [0.1, 0.15) is 0 Å². The van der Waals surface area contributed by atoms with E-state index in [0.717, 1.165) is 17.2 Å². The molecular weight excluding hydrogens is 240 g/mol. The first kappa shape index (κ1) is 11.5. The first-order valence-corrected chi connectivity index (χ1v) is 6.74. The predicted molar refractivity (Wildman–Crippen MR) is 64.0 cm³/mol. The summed E-state index contributed by atoms with van der Waals surface area (Å²) in [5, 5.41) is 9.43. The minimum absolute atomic E-state index is 0.259. The van der Waals surface area contributed by atoms with Gasteiger partial charge in [0.05, 0.1) is 30.7 Å². The zero-order chi connectivity index (χ0) is 12.5. The zero-order valence-corrected chi connectivity index (χ0v) is 9.91. The molecule has 0 aliphatic heterocycles. The molecule has 0 radical (unpaired) electrons. The minimum atomic E-state index is -3.35. The van der Waals surface area contributed by atoms with Gasteiger partial charge in [0.25, 0.3) is 0 Å². The minimum Gasteiger partial charge on any atom is -0.462 e. The Kier molecular flexibility index (Phi) is 2.77. The molecule has 1 heterocycles. The molecule has 0 atom stereocenters. The number of nitrogens with zero attached hydrogens (tertiary/aromatic N) is 1. The van der Waals surface area contributed by atoms with Crippen LogP contribution in [0.1, 0.15) is 5.56 Å². The molecule has 17 heavy (non-hydrogen) atoms. The number of hydrogen-bond acceptors (Lipinski definition) is 4. The third-order valence-corrected chi connectivity index (χ3v) is 2.86. The lowest BCUT2D eigenvalue weighted by atomic mass is 10.1. The van der Waals surface area contributed by atoms with Crippen LogP contribution in [0.25, 0.3) is 11.0 Å². The highest BCUT2D eigenvalue weighted by Gasteiger charge is 2.11. The van der Waals surface area contributed by atoms with Gasteiger partial charge in [-0.25, -0.2) is 8.42 Å². The summed E-state index contributed by atoms with van der Waals surface area (Å²) in [6.45, 7) is 0. The molecule has 1 aromatic carbocycles. The molecule has 1 N–H and O–H groups in total. The number of fused-ring (bicyclic) bond motifs is 1. The molecule has 2 aromatic rings. The molecule has 0 bridgehead atoms. The van der Waals surface area contributed by atoms with Crippen molar-refractivity contribution in [2.45, 2.75) is 6.42 Å². The second kappa shape index (κ2) is 4.11. The number of sulfonamides is 1. The van der Waals surface area contributed by atoms with E-state index >= 15 is 0 Å². The van der Waals surface area contributed by atoms with Crippen LogP contribution in [0.2, 0.25) is 0 Å². The second-order valence-electron chi connectivity index (χ2n) is 3.64. The molecule has 0 amide bonds. The molecule has 0 aliphatic carbocycles. The summed E-state index contributed by atoms with van der Waals surface area (Å²) in [7, 11) is -3.35. The van der Waals surface area contributed by atoms with E-state index in [9.17, 15) is 8.42 Å². The molecular formula is C11H10N2O3S. The number of anilines is 1. The second-order valence-corrected chi connectivity index (χ2v) is 5.39. The van der Waals surface area contributed by atoms with Gasteiger partial charge in [0, 0.05) is 5.39 Å². The van der Waals surface area contributed by atoms with E-state index in [0.29, 0.717) is 11.3 Å². The summed E-state index contributed by atoms with van der Waals surface area (Å²) in [6, 6.07) is 7.08. The number of benzene rings is 1. The van der Waals surface area contributed by atoms with Crippen LogP contribution in [0.3, 0.4) is 0 Å². The van der Waals surface area contributed by atoms with Crippen LogP contribution < -0.4 is 4.72 Å². The van der Waals surface area contributed by atoms with Crippen LogP contribution >= 0.6 is 0 Å². The number of nitrogens with one attached hydrogen (secondary N) is 1. The van der Waals surface area contributed by atoms with E-state index in [1.807, 2.05) is 0 Å². The van der Waals surface area contributed by atoms with Crippen LogP contribution in [0, 0.1) is 11.3 Å². The lowest BCUT2D eigenvalue weighted by Crippen LogP contribution is -2.09. The summed E-state index contributed by atoms with van der Waals surface area (Å²) in [5.41, 5.74) is 1.65. The fourth-order valence-electron chi connectivity index (χ4n) is 1.64. The standard InChI is InChI=1S/C11H10N2O3S/c1-17(14,15)13-10-3-2-8(4-6-12)9-5-7-16-11(9)10/h2-3,5,7,13H,4H2,1H3. The summed E-state index contributed by atoms with van der Waals surface area (Å²) in [6.07, 6.45) is 2.80. The molecule has 0 saturated heterocycles. The van der Waals surface area contributed by atoms with Gasteiger partial charge in [-0.2, -0.15) is 5.26 Å². The quantitative estimate of drug-likeness (QED) is 0.901. The Labute approximate surface area is 98.7 Å². The monoisotopic (exact) mass is 250 g/mol. The zero-order valence-electron chi connectivity index (χ0n) is 9.10. The maximum atomic E-state index is 11.2. The summed E-state index contributed by atoms with van der Waals surface area (Å²) < 4.78 is 30.0. The van der Waals surface area contributed by atoms with Crippen LogP contribution in [0.4, 0.5) is 5.69 Å². The van der Waals surface area contributed by atoms with E-state index in [1.165, 1.54) is 6.26 Å². The lowest BCUT2D eigenvalue weighted by molar-refractivity contribution is 0.604. The molecule has 2 rings (SSSR count). The maximum Gasteiger partial charge on any atom is 0.229 e. The van der Waals surface area contributed by atoms with E-state index < -0.39 is 10.0 Å². The average molecular weight is 250 g/mol. The van der Waals surface area contributed by atoms with Gasteiger partial charge in [0.15, 0.2) is 5.58 Å². The maximum absolute atomic E-state index is 11.2. The molecule has 0 spiro atoms. The van der Waals surface area contributed by atoms with Gasteiger partial charge in [-0.3, -0.25) is 4.72 Å². The highest BCUT2D eigenvalue weighted by Crippen LogP contribution is 2.28. The summed E-state index contributed by atoms with van der Waals surface area (Å²) in [5.74, 6) is 0. The fourth-order valence-corrected chi connectivity index (χ4v) is 2.20. The van der Waals surface area contributed by atoms with Crippen molar-refractivity contribution < 1.29 is 12.8 Å². The van der Waals surface area contributed by atoms with Gasteiger partial charge in [-0.1, -0.05) is 6.07 Å². The number of furan rings is 1. The smallest absolute Gasteiger partial charge is 0.229 e. The molecule has 0 aliphatic rings. The Morgan fingerprint density at radius 1 is 1.41 bits per heavy atom. The molecule has 0 unspecified atom stereocenters. The lowest BCUT2D eigenvalue weighted by Gasteiger charge is -2.06. The number of hydrogen-bond donors (Lipinski definition) is 1. The molecule has 0 fully saturated rings. The Bertz CT molecular complexity index is 695. The van der Waals surface area contributed by atoms with Crippen molar-refractivity contribution in [3.63, 3.8) is 0 Å². The number of nitriles is 1. The molecule has 6 heteroatoms. The van der Waals surface area contributed by atoms with Crippen LogP contribution in [0.5, 0.6) is 0 Å². The molecule has 5 nitrogen and oxygen atoms in total. The third kappa shape index (κ3) is 2.40. The van der Waals surface area contributed by atoms with Gasteiger partial charge in [-0.15, -0.1) is 0 Å². The first-order valence-electron chi connectivity index (χ1n) is 4.85. The van der Waals surface area contributed by atoms with Crippen molar-refractivity contribution in [3.8, 4) is 6.07 Å². The van der Waals surface area contributed by atoms with E-state index in [4.69, 9.17) is 9.68 Å². The average Bonchev–Trinajstić information content (AvgIpc) is 2.69. The molecule has 1 aromatic heterocycles. The normalized spacial score (nSPS) is 11.3. The van der Waals surface area contributed by atoms with Gasteiger partial charge in [0.2, 0.25) is 10.0 Å². The Balaban J connectivity index is 2.58. The van der Waals surface area contributed by atoms with Crippen LogP contribution in [-0.2, 0) is 16.4 Å². The number of rotatable bonds is 3. The van der Waals surface area contributed by atoms with Crippen molar-refractivity contribution in [2.24, 2.45) is 0 Å². The topological polar surface area (TPSA) is 83.1 Å². The summed E-state index contributed by atoms with van der Waals surface area (Å²) in [4.78, 5) is 0. The van der Waals surface area contributed by atoms with Crippen LogP contribution in [0.15, 0.2) is 28.9 Å². The van der Waals surface area contributed by atoms with E-state index in [-0.39, 0.29) is 6.42 Å². The highest BCUT2D eigenvalue weighted by atomic mass is 32.2. The fraction of sp³-hybridized carbons (Fsp3) is 0.182. The Morgan fingerprint density at radius 2 is 2.18 bits per heavy atom.